The summed E-state index contributed by atoms with van der Waals surface area (Å²) < 4.78 is 7.08. The minimum Gasteiger partial charge on any atom is -0.450 e. The standard InChI is InChI=1S/C4H6N2O3S/c1-2-9-4(8)5-3(7)6-10/h2H2,1H3,(H,5,7,8). The summed E-state index contributed by atoms with van der Waals surface area (Å²) in [7, 11) is 0. The monoisotopic (exact) mass is 162 g/mol. The third kappa shape index (κ3) is 3.90. The maximum atomic E-state index is 10.4. The molecule has 0 rings (SSSR count). The predicted octanol–water partition coefficient (Wildman–Crippen LogP) is 0.583. The van der Waals surface area contributed by atoms with Crippen molar-refractivity contribution in [2.24, 2.45) is 4.36 Å². The normalized spacial score (nSPS) is 8.10. The van der Waals surface area contributed by atoms with Crippen molar-refractivity contribution in [2.45, 2.75) is 6.92 Å². The highest BCUT2D eigenvalue weighted by Crippen LogP contribution is 1.77. The highest BCUT2D eigenvalue weighted by Gasteiger charge is 2.04. The van der Waals surface area contributed by atoms with Gasteiger partial charge in [-0.15, -0.1) is 4.36 Å². The van der Waals surface area contributed by atoms with E-state index in [0.29, 0.717) is 0 Å². The summed E-state index contributed by atoms with van der Waals surface area (Å²) in [5.41, 5.74) is 0. The van der Waals surface area contributed by atoms with Crippen molar-refractivity contribution in [1.29, 1.82) is 0 Å². The van der Waals surface area contributed by atoms with Gasteiger partial charge in [0.1, 0.15) is 0 Å². The Morgan fingerprint density at radius 1 is 1.70 bits per heavy atom. The van der Waals surface area contributed by atoms with Gasteiger partial charge in [0.25, 0.3) is 0 Å². The molecule has 0 unspecified atom stereocenters. The average molecular weight is 162 g/mol. The zero-order chi connectivity index (χ0) is 7.98. The lowest BCUT2D eigenvalue weighted by atomic mass is 10.8. The van der Waals surface area contributed by atoms with Gasteiger partial charge >= 0.3 is 12.1 Å². The van der Waals surface area contributed by atoms with Crippen molar-refractivity contribution in [3.05, 3.63) is 0 Å². The minimum absolute atomic E-state index is 0.205. The van der Waals surface area contributed by atoms with E-state index >= 15 is 0 Å². The molecular formula is C4H6N2O3S. The lowest BCUT2D eigenvalue weighted by Gasteiger charge is -1.97. The van der Waals surface area contributed by atoms with Crippen LogP contribution in [0.25, 0.3) is 0 Å². The third-order valence-corrected chi connectivity index (χ3v) is 0.733. The minimum atomic E-state index is -0.881. The molecular weight excluding hydrogens is 156 g/mol. The van der Waals surface area contributed by atoms with Gasteiger partial charge in [-0.1, -0.05) is 0 Å². The van der Waals surface area contributed by atoms with E-state index in [0.717, 1.165) is 0 Å². The first kappa shape index (κ1) is 8.96. The number of hydrogen-bond donors (Lipinski definition) is 1. The molecule has 3 amide bonds. The number of ether oxygens (including phenoxy) is 1. The van der Waals surface area contributed by atoms with Crippen LogP contribution in [0.2, 0.25) is 0 Å². The van der Waals surface area contributed by atoms with Crippen molar-refractivity contribution < 1.29 is 14.3 Å². The molecule has 1 N–H and O–H groups in total. The summed E-state index contributed by atoms with van der Waals surface area (Å²) in [6.07, 6.45) is -0.832. The number of alkyl carbamates (subject to hydrolysis) is 1. The Morgan fingerprint density at radius 2 is 2.30 bits per heavy atom. The van der Waals surface area contributed by atoms with Crippen LogP contribution < -0.4 is 5.32 Å². The molecule has 0 fully saturated rings. The Bertz CT molecular complexity index is 159. The van der Waals surface area contributed by atoms with Crippen LogP contribution >= 0.6 is 0 Å². The van der Waals surface area contributed by atoms with Crippen molar-refractivity contribution in [1.82, 2.24) is 5.32 Å². The third-order valence-electron chi connectivity index (χ3n) is 0.567. The number of carbonyl (C=O) groups is 2. The number of amides is 3. The lowest BCUT2D eigenvalue weighted by molar-refractivity contribution is 0.154. The molecule has 0 saturated heterocycles. The van der Waals surface area contributed by atoms with Crippen LogP contribution in [-0.2, 0) is 17.2 Å². The van der Waals surface area contributed by atoms with E-state index in [2.05, 4.69) is 21.5 Å². The first-order valence-electron chi connectivity index (χ1n) is 2.51. The van der Waals surface area contributed by atoms with Crippen molar-refractivity contribution in [3.8, 4) is 0 Å². The second-order valence-electron chi connectivity index (χ2n) is 1.24. The van der Waals surface area contributed by atoms with Crippen LogP contribution in [0.1, 0.15) is 6.92 Å². The quantitative estimate of drug-likeness (QED) is 0.612. The maximum Gasteiger partial charge on any atom is 0.415 e. The number of carbonyl (C=O) groups excluding carboxylic acids is 2. The Balaban J connectivity index is 3.57. The van der Waals surface area contributed by atoms with Crippen molar-refractivity contribution in [3.63, 3.8) is 0 Å². The molecule has 6 heteroatoms. The van der Waals surface area contributed by atoms with E-state index in [1.165, 1.54) is 0 Å². The summed E-state index contributed by atoms with van der Waals surface area (Å²) in [5, 5.41) is 1.76. The number of rotatable bonds is 1. The van der Waals surface area contributed by atoms with Crippen LogP contribution in [-0.4, -0.2) is 18.7 Å². The Labute approximate surface area is 62.9 Å². The maximum absolute atomic E-state index is 10.4. The molecule has 0 spiro atoms. The van der Waals surface area contributed by atoms with Gasteiger partial charge < -0.3 is 4.74 Å². The summed E-state index contributed by atoms with van der Waals surface area (Å²) in [5.74, 6) is 0. The molecule has 0 aromatic rings. The molecule has 0 aromatic carbocycles. The molecule has 0 heterocycles. The molecule has 0 bridgehead atoms. The van der Waals surface area contributed by atoms with Gasteiger partial charge in [0.15, 0.2) is 0 Å². The van der Waals surface area contributed by atoms with Gasteiger partial charge in [0, 0.05) is 12.4 Å². The highest BCUT2D eigenvalue weighted by atomic mass is 32.1. The second kappa shape index (κ2) is 4.80. The van der Waals surface area contributed by atoms with Crippen LogP contribution in [0.15, 0.2) is 4.36 Å². The molecule has 0 aliphatic heterocycles. The fraction of sp³-hybridized carbons (Fsp3) is 0.500. The van der Waals surface area contributed by atoms with Gasteiger partial charge in [0.05, 0.1) is 6.61 Å². The first-order chi connectivity index (χ1) is 4.70. The summed E-state index contributed by atoms with van der Waals surface area (Å²) in [6.45, 7) is 1.82. The fourth-order valence-corrected chi connectivity index (χ4v) is 0.323. The molecule has 0 aliphatic rings. The van der Waals surface area contributed by atoms with Crippen molar-refractivity contribution in [2.75, 3.05) is 6.61 Å². The molecule has 0 atom stereocenters. The van der Waals surface area contributed by atoms with E-state index in [1.54, 1.807) is 12.2 Å². The average Bonchev–Trinajstić information content (AvgIpc) is 1.88. The zero-order valence-electron chi connectivity index (χ0n) is 5.29. The topological polar surface area (TPSA) is 67.8 Å². The van der Waals surface area contributed by atoms with E-state index in [-0.39, 0.29) is 6.61 Å². The van der Waals surface area contributed by atoms with Crippen LogP contribution in [0.5, 0.6) is 0 Å². The SMILES string of the molecule is CCOC(=O)NC(=O)N=S. The molecule has 0 radical (unpaired) electrons. The second-order valence-corrected chi connectivity index (χ2v) is 1.42. The van der Waals surface area contributed by atoms with Crippen LogP contribution in [0.4, 0.5) is 9.59 Å². The number of hydrogen-bond acceptors (Lipinski definition) is 4. The van der Waals surface area contributed by atoms with Gasteiger partial charge in [-0.05, 0) is 6.92 Å². The lowest BCUT2D eigenvalue weighted by Crippen LogP contribution is -2.28. The van der Waals surface area contributed by atoms with Gasteiger partial charge in [-0.3, -0.25) is 0 Å². The summed E-state index contributed by atoms with van der Waals surface area (Å²) in [4.78, 5) is 20.6. The smallest absolute Gasteiger partial charge is 0.415 e. The van der Waals surface area contributed by atoms with Gasteiger partial charge in [-0.2, -0.15) is 0 Å². The molecule has 0 aliphatic carbocycles. The Kier molecular flexibility index (Phi) is 4.30. The Hall–Kier alpha value is -1.04. The molecule has 0 aromatic heterocycles. The van der Waals surface area contributed by atoms with E-state index in [9.17, 15) is 9.59 Å². The van der Waals surface area contributed by atoms with Gasteiger partial charge in [-0.25, -0.2) is 14.9 Å². The van der Waals surface area contributed by atoms with E-state index in [1.807, 2.05) is 0 Å². The highest BCUT2D eigenvalue weighted by molar-refractivity contribution is 7.47. The van der Waals surface area contributed by atoms with Crippen LogP contribution in [0.3, 0.4) is 0 Å². The number of nitrogens with one attached hydrogen (secondary N) is 1. The predicted molar refractivity (Wildman–Crippen MR) is 35.3 cm³/mol. The number of nitrogens with zero attached hydrogens (tertiary/aromatic N) is 1. The molecule has 10 heavy (non-hydrogen) atoms. The Morgan fingerprint density at radius 3 is 2.70 bits per heavy atom. The summed E-state index contributed by atoms with van der Waals surface area (Å²) >= 11 is 3.98. The van der Waals surface area contributed by atoms with Crippen molar-refractivity contribution >= 4 is 24.5 Å². The molecule has 56 valence electrons. The number of urea groups is 1. The van der Waals surface area contributed by atoms with E-state index < -0.39 is 12.1 Å². The summed E-state index contributed by atoms with van der Waals surface area (Å²) in [6, 6.07) is -0.881. The number of imide groups is 1. The van der Waals surface area contributed by atoms with E-state index in [4.69, 9.17) is 0 Å². The largest absolute Gasteiger partial charge is 0.450 e. The fourth-order valence-electron chi connectivity index (χ4n) is 0.277. The molecule has 5 nitrogen and oxygen atoms in total. The van der Waals surface area contributed by atoms with Gasteiger partial charge in [0.2, 0.25) is 0 Å². The molecule has 0 saturated carbocycles. The zero-order valence-corrected chi connectivity index (χ0v) is 6.10. The van der Waals surface area contributed by atoms with Crippen LogP contribution in [0, 0.1) is 0 Å². The first-order valence-corrected chi connectivity index (χ1v) is 2.88.